The molecule has 6 N–H and O–H groups in total. The summed E-state index contributed by atoms with van der Waals surface area (Å²) in [5.41, 5.74) is -2.66. The van der Waals surface area contributed by atoms with E-state index in [0.29, 0.717) is 0 Å². The first kappa shape index (κ1) is 17.6. The minimum absolute atomic E-state index is 0.0719. The first-order valence-corrected chi connectivity index (χ1v) is 7.16. The van der Waals surface area contributed by atoms with Crippen molar-refractivity contribution in [3.63, 3.8) is 0 Å². The van der Waals surface area contributed by atoms with Crippen molar-refractivity contribution >= 4 is 29.2 Å². The highest BCUT2D eigenvalue weighted by atomic mass is 35.5. The molecule has 1 amide bonds. The molecule has 23 heavy (non-hydrogen) atoms. The molecule has 0 aromatic heterocycles. The number of carbonyl (C=O) groups is 2. The molecule has 2 rings (SSSR count). The number of rotatable bonds is 3. The molecule has 5 atom stereocenters. The quantitative estimate of drug-likeness (QED) is 0.391. The zero-order chi connectivity index (χ0) is 17.4. The summed E-state index contributed by atoms with van der Waals surface area (Å²) in [7, 11) is 0. The average Bonchev–Trinajstić information content (AvgIpc) is 2.51. The second-order valence-electron chi connectivity index (χ2n) is 5.38. The van der Waals surface area contributed by atoms with E-state index in [2.05, 4.69) is 5.32 Å². The fraction of sp³-hybridized carbons (Fsp3) is 0.429. The lowest BCUT2D eigenvalue weighted by molar-refractivity contribution is -0.166. The number of halogens is 1. The Labute approximate surface area is 135 Å². The van der Waals surface area contributed by atoms with Crippen molar-refractivity contribution in [2.75, 3.05) is 5.32 Å². The Morgan fingerprint density at radius 1 is 1.17 bits per heavy atom. The highest BCUT2D eigenvalue weighted by molar-refractivity contribution is 6.24. The highest BCUT2D eigenvalue weighted by Crippen LogP contribution is 2.34. The molecule has 0 heterocycles. The van der Waals surface area contributed by atoms with E-state index >= 15 is 0 Å². The topological polar surface area (TPSA) is 147 Å². The summed E-state index contributed by atoms with van der Waals surface area (Å²) in [4.78, 5) is 23.4. The van der Waals surface area contributed by atoms with Crippen molar-refractivity contribution in [3.8, 4) is 0 Å². The fourth-order valence-corrected chi connectivity index (χ4v) is 2.80. The number of nitrogens with one attached hydrogen (secondary N) is 1. The first-order chi connectivity index (χ1) is 10.7. The predicted molar refractivity (Wildman–Crippen MR) is 79.3 cm³/mol. The maximum absolute atomic E-state index is 12.3. The molecule has 0 spiro atoms. The summed E-state index contributed by atoms with van der Waals surface area (Å²) in [6.45, 7) is 0. The lowest BCUT2D eigenvalue weighted by atomic mass is 9.78. The minimum atomic E-state index is -2.38. The largest absolute Gasteiger partial charge is 0.478 e. The molecule has 0 aliphatic heterocycles. The molecular weight excluding hydrogens is 330 g/mol. The van der Waals surface area contributed by atoms with E-state index in [1.54, 1.807) is 0 Å². The predicted octanol–water partition coefficient (Wildman–Crippen LogP) is -0.852. The number of aliphatic hydroxyl groups is 4. The van der Waals surface area contributed by atoms with Crippen molar-refractivity contribution in [2.45, 2.75) is 35.7 Å². The molecular formula is C14H16ClNO7. The summed E-state index contributed by atoms with van der Waals surface area (Å²) in [6, 6.07) is 5.52. The number of carboxylic acids is 1. The standard InChI is InChI=1S/C14H16ClNO7/c15-11-10(19)9(18)8(17)5-14(11,23)13(22)16-7-4-2-1-3-6(7)12(20)21/h1-4,8-11,17-19,23H,5H2,(H,16,22)(H,20,21)/t8-,9?,10-,11?,14?/m1/s1. The van der Waals surface area contributed by atoms with E-state index in [1.807, 2.05) is 0 Å². The van der Waals surface area contributed by atoms with E-state index in [1.165, 1.54) is 24.3 Å². The zero-order valence-corrected chi connectivity index (χ0v) is 12.5. The summed E-state index contributed by atoms with van der Waals surface area (Å²) >= 11 is 5.85. The van der Waals surface area contributed by atoms with Crippen LogP contribution < -0.4 is 5.32 Å². The van der Waals surface area contributed by atoms with E-state index in [-0.39, 0.29) is 11.3 Å². The lowest BCUT2D eigenvalue weighted by Crippen LogP contribution is -2.65. The van der Waals surface area contributed by atoms with E-state index in [9.17, 15) is 30.0 Å². The third kappa shape index (κ3) is 3.17. The minimum Gasteiger partial charge on any atom is -0.478 e. The van der Waals surface area contributed by atoms with Gasteiger partial charge in [0.05, 0.1) is 22.7 Å². The second kappa shape index (κ2) is 6.42. The summed E-state index contributed by atoms with van der Waals surface area (Å²) < 4.78 is 0. The molecule has 3 unspecified atom stereocenters. The van der Waals surface area contributed by atoms with Crippen molar-refractivity contribution in [1.82, 2.24) is 0 Å². The number of amides is 1. The molecule has 1 aromatic carbocycles. The number of aromatic carboxylic acids is 1. The number of benzene rings is 1. The van der Waals surface area contributed by atoms with Gasteiger partial charge in [-0.15, -0.1) is 11.6 Å². The van der Waals surface area contributed by atoms with Gasteiger partial charge in [-0.3, -0.25) is 4.79 Å². The third-order valence-corrected chi connectivity index (χ3v) is 4.44. The lowest BCUT2D eigenvalue weighted by Gasteiger charge is -2.42. The van der Waals surface area contributed by atoms with Gasteiger partial charge in [0.25, 0.3) is 5.91 Å². The molecule has 1 aliphatic rings. The SMILES string of the molecule is O=C(O)c1ccccc1NC(=O)C1(O)C[C@@H](O)C(O)[C@@H](O)C1Cl. The van der Waals surface area contributed by atoms with Crippen LogP contribution in [0.4, 0.5) is 5.69 Å². The van der Waals surface area contributed by atoms with Crippen LogP contribution in [-0.2, 0) is 4.79 Å². The summed E-state index contributed by atoms with van der Waals surface area (Å²) in [5, 5.41) is 49.1. The maximum Gasteiger partial charge on any atom is 0.337 e. The summed E-state index contributed by atoms with van der Waals surface area (Å²) in [6.07, 6.45) is -5.51. The Hall–Kier alpha value is -1.71. The molecule has 1 fully saturated rings. The molecule has 1 aromatic rings. The normalized spacial score (nSPS) is 34.0. The second-order valence-corrected chi connectivity index (χ2v) is 5.85. The molecule has 0 radical (unpaired) electrons. The monoisotopic (exact) mass is 345 g/mol. The Bertz CT molecular complexity index is 625. The van der Waals surface area contributed by atoms with Gasteiger partial charge in [0.15, 0.2) is 5.60 Å². The van der Waals surface area contributed by atoms with Gasteiger partial charge >= 0.3 is 5.97 Å². The van der Waals surface area contributed by atoms with Gasteiger partial charge in [0.1, 0.15) is 12.2 Å². The Morgan fingerprint density at radius 2 is 1.78 bits per heavy atom. The smallest absolute Gasteiger partial charge is 0.337 e. The first-order valence-electron chi connectivity index (χ1n) is 6.73. The van der Waals surface area contributed by atoms with E-state index in [4.69, 9.17) is 16.7 Å². The van der Waals surface area contributed by atoms with E-state index < -0.39 is 47.6 Å². The molecule has 8 nitrogen and oxygen atoms in total. The van der Waals surface area contributed by atoms with Crippen LogP contribution in [0.1, 0.15) is 16.8 Å². The number of carboxylic acid groups (broad SMARTS) is 1. The van der Waals surface area contributed by atoms with Crippen LogP contribution in [0.15, 0.2) is 24.3 Å². The molecule has 1 aliphatic carbocycles. The van der Waals surface area contributed by atoms with Gasteiger partial charge < -0.3 is 30.8 Å². The van der Waals surface area contributed by atoms with Gasteiger partial charge in [-0.2, -0.15) is 0 Å². The average molecular weight is 346 g/mol. The van der Waals surface area contributed by atoms with Crippen LogP contribution in [0.5, 0.6) is 0 Å². The number of anilines is 1. The van der Waals surface area contributed by atoms with Crippen LogP contribution in [0, 0.1) is 0 Å². The Balaban J connectivity index is 2.28. The van der Waals surface area contributed by atoms with Gasteiger partial charge in [0, 0.05) is 6.42 Å². The number of hydrogen-bond donors (Lipinski definition) is 6. The number of hydrogen-bond acceptors (Lipinski definition) is 6. The molecule has 0 bridgehead atoms. The number of aliphatic hydroxyl groups excluding tert-OH is 3. The number of carbonyl (C=O) groups excluding carboxylic acids is 1. The number of para-hydroxylation sites is 1. The van der Waals surface area contributed by atoms with Gasteiger partial charge in [-0.05, 0) is 12.1 Å². The van der Waals surface area contributed by atoms with Crippen LogP contribution in [0.3, 0.4) is 0 Å². The van der Waals surface area contributed by atoms with Crippen molar-refractivity contribution in [1.29, 1.82) is 0 Å². The molecule has 0 saturated heterocycles. The van der Waals surface area contributed by atoms with Crippen LogP contribution in [0.25, 0.3) is 0 Å². The van der Waals surface area contributed by atoms with Crippen molar-refractivity contribution in [3.05, 3.63) is 29.8 Å². The third-order valence-electron chi connectivity index (χ3n) is 3.82. The molecule has 126 valence electrons. The summed E-state index contributed by atoms with van der Waals surface area (Å²) in [5.74, 6) is -2.37. The van der Waals surface area contributed by atoms with Gasteiger partial charge in [0.2, 0.25) is 0 Å². The molecule has 9 heteroatoms. The maximum atomic E-state index is 12.3. The van der Waals surface area contributed by atoms with Crippen LogP contribution in [0.2, 0.25) is 0 Å². The van der Waals surface area contributed by atoms with Crippen LogP contribution in [-0.4, -0.2) is 66.7 Å². The van der Waals surface area contributed by atoms with Crippen molar-refractivity contribution < 1.29 is 35.1 Å². The Morgan fingerprint density at radius 3 is 2.39 bits per heavy atom. The molecule has 1 saturated carbocycles. The number of alkyl halides is 1. The van der Waals surface area contributed by atoms with Gasteiger partial charge in [-0.1, -0.05) is 12.1 Å². The Kier molecular flexibility index (Phi) is 4.92. The zero-order valence-electron chi connectivity index (χ0n) is 11.8. The fourth-order valence-electron chi connectivity index (χ4n) is 2.46. The highest BCUT2D eigenvalue weighted by Gasteiger charge is 2.55. The van der Waals surface area contributed by atoms with Crippen molar-refractivity contribution in [2.24, 2.45) is 0 Å². The van der Waals surface area contributed by atoms with Crippen LogP contribution >= 0.6 is 11.6 Å². The van der Waals surface area contributed by atoms with Gasteiger partial charge in [-0.25, -0.2) is 4.79 Å². The van der Waals surface area contributed by atoms with E-state index in [0.717, 1.165) is 0 Å².